The Morgan fingerprint density at radius 2 is 1.57 bits per heavy atom. The number of hydrogen-bond acceptors (Lipinski definition) is 6. The second-order valence-electron chi connectivity index (χ2n) is 15.4. The lowest BCUT2D eigenvalue weighted by molar-refractivity contribution is -0.122. The van der Waals surface area contributed by atoms with Crippen molar-refractivity contribution in [3.63, 3.8) is 0 Å². The number of ether oxygens (including phenoxy) is 3. The Bertz CT molecular complexity index is 1290. The van der Waals surface area contributed by atoms with E-state index in [0.29, 0.717) is 18.6 Å². The molecule has 0 aliphatic rings. The molecular formula is C40H65NO6Si2. The highest BCUT2D eigenvalue weighted by molar-refractivity contribution is 6.76. The van der Waals surface area contributed by atoms with Crippen molar-refractivity contribution < 1.29 is 28.2 Å². The fourth-order valence-electron chi connectivity index (χ4n) is 4.68. The number of hydrogen-bond donors (Lipinski definition) is 0. The fourth-order valence-corrected chi connectivity index (χ4v) is 6.34. The first kappa shape index (κ1) is 44.2. The predicted molar refractivity (Wildman–Crippen MR) is 211 cm³/mol. The summed E-state index contributed by atoms with van der Waals surface area (Å²) in [5, 5.41) is 0.146. The van der Waals surface area contributed by atoms with Crippen molar-refractivity contribution in [2.75, 3.05) is 27.4 Å². The van der Waals surface area contributed by atoms with Crippen molar-refractivity contribution >= 4 is 34.5 Å². The Hall–Kier alpha value is -2.83. The Labute approximate surface area is 300 Å². The van der Waals surface area contributed by atoms with Gasteiger partial charge in [-0.25, -0.2) is 9.69 Å². The van der Waals surface area contributed by atoms with Crippen LogP contribution in [0.5, 0.6) is 0 Å². The van der Waals surface area contributed by atoms with Gasteiger partial charge in [-0.2, -0.15) is 0 Å². The molecule has 0 spiro atoms. The van der Waals surface area contributed by atoms with E-state index >= 15 is 0 Å². The highest BCUT2D eigenvalue weighted by atomic mass is 28.4. The number of carbonyl (C=O) groups is 2. The summed E-state index contributed by atoms with van der Waals surface area (Å²) in [4.78, 5) is 27.5. The Morgan fingerprint density at radius 3 is 2.14 bits per heavy atom. The largest absolute Gasteiger partial charge is 0.449 e. The molecule has 2 amide bonds. The maximum absolute atomic E-state index is 13.4. The van der Waals surface area contributed by atoms with Gasteiger partial charge < -0.3 is 18.6 Å². The zero-order chi connectivity index (χ0) is 37.3. The molecule has 0 radical (unpaired) electrons. The second kappa shape index (κ2) is 21.4. The number of carbonyl (C=O) groups excluding carboxylic acids is 2. The van der Waals surface area contributed by atoms with E-state index < -0.39 is 28.4 Å². The monoisotopic (exact) mass is 711 g/mol. The molecule has 0 heterocycles. The van der Waals surface area contributed by atoms with Gasteiger partial charge in [-0.3, -0.25) is 4.79 Å². The molecule has 0 bridgehead atoms. The highest BCUT2D eigenvalue weighted by Crippen LogP contribution is 2.36. The van der Waals surface area contributed by atoms with Crippen molar-refractivity contribution in [3.8, 4) is 0 Å². The van der Waals surface area contributed by atoms with Crippen molar-refractivity contribution in [1.82, 2.24) is 4.90 Å². The summed E-state index contributed by atoms with van der Waals surface area (Å²) in [5.74, 6) is -0.382. The van der Waals surface area contributed by atoms with Crippen LogP contribution < -0.4 is 0 Å². The zero-order valence-corrected chi connectivity index (χ0v) is 34.6. The highest BCUT2D eigenvalue weighted by Gasteiger charge is 2.36. The lowest BCUT2D eigenvalue weighted by atomic mass is 9.88. The minimum absolute atomic E-state index is 0.0242. The summed E-state index contributed by atoms with van der Waals surface area (Å²) in [6.45, 7) is 24.6. The zero-order valence-electron chi connectivity index (χ0n) is 32.6. The van der Waals surface area contributed by atoms with E-state index in [0.717, 1.165) is 16.5 Å². The van der Waals surface area contributed by atoms with Crippen molar-refractivity contribution in [2.45, 2.75) is 104 Å². The molecule has 4 atom stereocenters. The first-order chi connectivity index (χ1) is 22.8. The SMILES string of the molecule is CO[C@H]([C@H](C)[C@H](/C=C/c1ccccc1)OC)[C@@H](C)/C=C/C(C)=C/C(=O)N(/C=C\C/C=C\CO[Si](C)(C)C(C)(C)C)C(=O)OCC[Si](C)(C)C. The van der Waals surface area contributed by atoms with Crippen LogP contribution in [0.25, 0.3) is 6.08 Å². The average molecular weight is 712 g/mol. The van der Waals surface area contributed by atoms with Crippen LogP contribution in [0.3, 0.4) is 0 Å². The summed E-state index contributed by atoms with van der Waals surface area (Å²) < 4.78 is 23.5. The number of amides is 2. The fraction of sp³-hybridized carbons (Fsp3) is 0.550. The Balaban J connectivity index is 3.01. The van der Waals surface area contributed by atoms with E-state index in [4.69, 9.17) is 18.6 Å². The molecule has 0 aliphatic carbocycles. The molecule has 0 saturated heterocycles. The van der Waals surface area contributed by atoms with E-state index in [-0.39, 0.29) is 35.7 Å². The molecule has 1 aromatic carbocycles. The van der Waals surface area contributed by atoms with Crippen LogP contribution in [0, 0.1) is 11.8 Å². The number of methoxy groups -OCH3 is 2. The molecule has 1 rings (SSSR count). The van der Waals surface area contributed by atoms with Gasteiger partial charge in [-0.05, 0) is 48.7 Å². The van der Waals surface area contributed by atoms with Crippen LogP contribution in [-0.4, -0.2) is 72.9 Å². The maximum Gasteiger partial charge on any atom is 0.420 e. The van der Waals surface area contributed by atoms with Crippen LogP contribution >= 0.6 is 0 Å². The van der Waals surface area contributed by atoms with Gasteiger partial charge in [0, 0.05) is 46.4 Å². The maximum atomic E-state index is 13.4. The van der Waals surface area contributed by atoms with Crippen LogP contribution in [0.1, 0.15) is 53.5 Å². The Kier molecular flexibility index (Phi) is 19.3. The minimum Gasteiger partial charge on any atom is -0.449 e. The van der Waals surface area contributed by atoms with Crippen molar-refractivity contribution in [1.29, 1.82) is 0 Å². The summed E-state index contributed by atoms with van der Waals surface area (Å²) in [7, 11) is 0.180. The topological polar surface area (TPSA) is 74.3 Å². The number of allylic oxidation sites excluding steroid dienone is 4. The van der Waals surface area contributed by atoms with Gasteiger partial charge in [0.2, 0.25) is 0 Å². The third-order valence-electron chi connectivity index (χ3n) is 8.94. The molecule has 274 valence electrons. The van der Waals surface area contributed by atoms with Gasteiger partial charge in [0.05, 0.1) is 25.4 Å². The predicted octanol–water partition coefficient (Wildman–Crippen LogP) is 10.3. The molecule has 9 heteroatoms. The van der Waals surface area contributed by atoms with Gasteiger partial charge in [0.25, 0.3) is 5.91 Å². The normalized spacial score (nSPS) is 16.1. The molecule has 0 N–H and O–H groups in total. The van der Waals surface area contributed by atoms with E-state index in [2.05, 4.69) is 91.6 Å². The molecule has 49 heavy (non-hydrogen) atoms. The van der Waals surface area contributed by atoms with Crippen LogP contribution in [-0.2, 0) is 23.4 Å². The van der Waals surface area contributed by atoms with Crippen LogP contribution in [0.15, 0.2) is 84.6 Å². The van der Waals surface area contributed by atoms with E-state index in [1.165, 1.54) is 12.3 Å². The molecule has 1 aromatic rings. The smallest absolute Gasteiger partial charge is 0.420 e. The summed E-state index contributed by atoms with van der Waals surface area (Å²) in [6.07, 6.45) is 16.4. The minimum atomic E-state index is -1.82. The van der Waals surface area contributed by atoms with Gasteiger partial charge in [0.1, 0.15) is 0 Å². The Morgan fingerprint density at radius 1 is 0.918 bits per heavy atom. The standard InChI is InChI=1S/C40H65NO6Si2/c1-32(23-24-33(2)38(45-8)34(3)36(44-7)26-25-35-21-17-16-18-22-35)31-37(42)41(39(43)46-29-30-48(9,10)11)27-19-14-15-20-28-47-49(12,13)40(4,5)6/h15-27,31,33-34,36,38H,14,28-30H2,1-13H3/b20-15-,24-23+,26-25+,27-19-,32-31+/t33-,34+,36-,38-/m0/s1. The summed E-state index contributed by atoms with van der Waals surface area (Å²) in [6, 6.07) is 10.9. The third-order valence-corrected chi connectivity index (χ3v) is 15.1. The van der Waals surface area contributed by atoms with Gasteiger partial charge in [-0.1, -0.05) is 127 Å². The molecule has 0 saturated carbocycles. The quantitative estimate of drug-likeness (QED) is 0.0616. The molecular weight excluding hydrogens is 647 g/mol. The van der Waals surface area contributed by atoms with Gasteiger partial charge >= 0.3 is 6.09 Å². The number of imide groups is 1. The number of nitrogens with zero attached hydrogens (tertiary/aromatic N) is 1. The first-order valence-corrected chi connectivity index (χ1v) is 24.1. The molecule has 0 fully saturated rings. The molecule has 7 nitrogen and oxygen atoms in total. The van der Waals surface area contributed by atoms with E-state index in [9.17, 15) is 9.59 Å². The van der Waals surface area contributed by atoms with Crippen LogP contribution in [0.4, 0.5) is 4.79 Å². The van der Waals surface area contributed by atoms with E-state index in [1.807, 2.05) is 49.4 Å². The molecule has 0 aliphatic heterocycles. The average Bonchev–Trinajstić information content (AvgIpc) is 3.01. The lowest BCUT2D eigenvalue weighted by Gasteiger charge is -2.35. The second-order valence-corrected chi connectivity index (χ2v) is 25.9. The number of benzene rings is 1. The van der Waals surface area contributed by atoms with E-state index in [1.54, 1.807) is 20.3 Å². The molecule has 0 unspecified atom stereocenters. The first-order valence-electron chi connectivity index (χ1n) is 17.4. The van der Waals surface area contributed by atoms with Gasteiger partial charge in [0.15, 0.2) is 8.32 Å². The van der Waals surface area contributed by atoms with Crippen LogP contribution in [0.2, 0.25) is 43.8 Å². The van der Waals surface area contributed by atoms with Gasteiger partial charge in [-0.15, -0.1) is 0 Å². The summed E-state index contributed by atoms with van der Waals surface area (Å²) >= 11 is 0. The third kappa shape index (κ3) is 17.1. The van der Waals surface area contributed by atoms with Crippen molar-refractivity contribution in [3.05, 3.63) is 90.2 Å². The number of rotatable bonds is 19. The molecule has 0 aromatic heterocycles. The summed E-state index contributed by atoms with van der Waals surface area (Å²) in [5.41, 5.74) is 1.82. The van der Waals surface area contributed by atoms with Crippen molar-refractivity contribution in [2.24, 2.45) is 11.8 Å². The lowest BCUT2D eigenvalue weighted by Crippen LogP contribution is -2.40.